The van der Waals surface area contributed by atoms with Crippen molar-refractivity contribution in [2.75, 3.05) is 34.2 Å². The fraction of sp³-hybridized carbons (Fsp3) is 0.303. The number of nitrogens with one attached hydrogen (secondary N) is 2. The molecule has 2 amide bonds. The number of benzene rings is 3. The molecule has 0 saturated carbocycles. The molecule has 0 bridgehead atoms. The molecule has 3 N–H and O–H groups in total. The van der Waals surface area contributed by atoms with Gasteiger partial charge in [0.15, 0.2) is 5.60 Å². The number of carbonyl (C=O) groups excluding carboxylic acids is 2. The summed E-state index contributed by atoms with van der Waals surface area (Å²) in [4.78, 5) is 34.4. The van der Waals surface area contributed by atoms with Crippen LogP contribution in [0.15, 0.2) is 78.9 Å². The van der Waals surface area contributed by atoms with E-state index in [0.717, 1.165) is 40.6 Å². The highest BCUT2D eigenvalue weighted by Gasteiger charge is 2.40. The number of carboxylic acids is 1. The zero-order valence-electron chi connectivity index (χ0n) is 24.2. The number of fused-ring (bicyclic) bond motifs is 1. The van der Waals surface area contributed by atoms with Gasteiger partial charge >= 0.3 is 5.97 Å². The molecule has 0 aromatic heterocycles. The van der Waals surface area contributed by atoms with Crippen LogP contribution in [-0.2, 0) is 43.2 Å². The topological polar surface area (TPSA) is 123 Å². The predicted octanol–water partition coefficient (Wildman–Crippen LogP) is 4.68. The zero-order chi connectivity index (χ0) is 30.7. The number of carbonyl (C=O) groups is 3. The molecule has 1 heterocycles. The number of methoxy groups -OCH3 is 1. The largest absolute Gasteiger partial charge is 0.479 e. The van der Waals surface area contributed by atoms with Gasteiger partial charge in [0, 0.05) is 20.1 Å². The van der Waals surface area contributed by atoms with E-state index in [1.807, 2.05) is 43.4 Å². The maximum atomic E-state index is 11.6. The summed E-state index contributed by atoms with van der Waals surface area (Å²) in [5.41, 5.74) is 5.23. The first-order valence-electron chi connectivity index (χ1n) is 13.9. The third-order valence-corrected chi connectivity index (χ3v) is 8.00. The third kappa shape index (κ3) is 8.85. The van der Waals surface area contributed by atoms with Crippen LogP contribution >= 0.6 is 11.8 Å². The summed E-state index contributed by atoms with van der Waals surface area (Å²) < 4.78 is 15.5. The van der Waals surface area contributed by atoms with Crippen molar-refractivity contribution in [2.24, 2.45) is 0 Å². The molecule has 1 saturated heterocycles. The smallest absolute Gasteiger partial charge is 0.340 e. The van der Waals surface area contributed by atoms with Crippen LogP contribution in [0.2, 0.25) is 0 Å². The van der Waals surface area contributed by atoms with E-state index in [0.29, 0.717) is 26.1 Å². The predicted molar refractivity (Wildman–Crippen MR) is 167 cm³/mol. The molecule has 9 nitrogen and oxygen atoms in total. The van der Waals surface area contributed by atoms with Gasteiger partial charge in [0.1, 0.15) is 6.79 Å². The summed E-state index contributed by atoms with van der Waals surface area (Å²) in [5.74, 6) is -1.21. The van der Waals surface area contributed by atoms with Gasteiger partial charge in [-0.05, 0) is 59.0 Å². The fourth-order valence-corrected chi connectivity index (χ4v) is 5.58. The van der Waals surface area contributed by atoms with Gasteiger partial charge in [0.05, 0.1) is 18.5 Å². The molecule has 43 heavy (non-hydrogen) atoms. The lowest BCUT2D eigenvalue weighted by molar-refractivity contribution is -0.176. The van der Waals surface area contributed by atoms with E-state index in [1.54, 1.807) is 19.3 Å². The molecule has 3 aromatic rings. The molecule has 2 unspecified atom stereocenters. The Hall–Kier alpha value is -3.80. The number of hydrogen-bond donors (Lipinski definition) is 3. The number of hydrogen-bond acceptors (Lipinski definition) is 8. The highest BCUT2D eigenvalue weighted by atomic mass is 32.2. The lowest BCUT2D eigenvalue weighted by Gasteiger charge is -2.30. The number of amides is 2. The van der Waals surface area contributed by atoms with Crippen LogP contribution in [0, 0.1) is 0 Å². The van der Waals surface area contributed by atoms with E-state index in [2.05, 4.69) is 47.0 Å². The molecule has 0 spiro atoms. The first-order chi connectivity index (χ1) is 20.8. The quantitative estimate of drug-likeness (QED) is 0.200. The molecule has 1 aliphatic heterocycles. The van der Waals surface area contributed by atoms with E-state index in [9.17, 15) is 19.5 Å². The number of carboxylic acid groups (broad SMARTS) is 1. The van der Waals surface area contributed by atoms with Crippen LogP contribution < -0.4 is 10.6 Å². The second-order valence-corrected chi connectivity index (χ2v) is 11.3. The summed E-state index contributed by atoms with van der Waals surface area (Å²) in [7, 11) is 3.51. The van der Waals surface area contributed by atoms with Crippen molar-refractivity contribution >= 4 is 35.0 Å². The summed E-state index contributed by atoms with van der Waals surface area (Å²) >= 11 is 1.07. The standard InChI is InChI=1S/C18H18N2O2S.C15H18O5/c1-19-11-13-3-2-4-15(9-13)14-7-5-12(6-8-14)10-16-17(21)20-18(22)23-16;1-18-8-9-19-11-20-15(14(16)17)7-6-12-4-2-3-5-13(12)10-15/h2-9,16,19H,10-11H2,1H3,(H,20,21,22);2-7H,8-11H2,1H3,(H,16,17). The number of imide groups is 1. The lowest BCUT2D eigenvalue weighted by atomic mass is 9.86. The molecule has 1 fully saturated rings. The number of ether oxygens (including phenoxy) is 3. The van der Waals surface area contributed by atoms with Crippen LogP contribution in [0.1, 0.15) is 22.3 Å². The summed E-state index contributed by atoms with van der Waals surface area (Å²) in [6.45, 7) is 1.57. The van der Waals surface area contributed by atoms with Crippen molar-refractivity contribution < 1.29 is 33.7 Å². The lowest BCUT2D eigenvalue weighted by Crippen LogP contribution is -2.43. The van der Waals surface area contributed by atoms with Gasteiger partial charge in [0.2, 0.25) is 5.91 Å². The van der Waals surface area contributed by atoms with Gasteiger partial charge in [-0.1, -0.05) is 84.6 Å². The molecule has 226 valence electrons. The Morgan fingerprint density at radius 3 is 2.51 bits per heavy atom. The second-order valence-electron chi connectivity index (χ2n) is 10.1. The van der Waals surface area contributed by atoms with Gasteiger partial charge < -0.3 is 24.6 Å². The van der Waals surface area contributed by atoms with E-state index in [-0.39, 0.29) is 23.2 Å². The molecule has 10 heteroatoms. The minimum atomic E-state index is -1.36. The van der Waals surface area contributed by atoms with Crippen LogP contribution in [0.4, 0.5) is 4.79 Å². The molecular weight excluding hydrogens is 568 g/mol. The van der Waals surface area contributed by atoms with Gasteiger partial charge in [-0.15, -0.1) is 0 Å². The number of aliphatic carboxylic acids is 1. The van der Waals surface area contributed by atoms with E-state index >= 15 is 0 Å². The van der Waals surface area contributed by atoms with Crippen LogP contribution in [0.5, 0.6) is 0 Å². The maximum absolute atomic E-state index is 11.6. The maximum Gasteiger partial charge on any atom is 0.340 e. The minimum absolute atomic E-state index is 0.0812. The number of rotatable bonds is 12. The molecule has 5 rings (SSSR count). The van der Waals surface area contributed by atoms with Crippen molar-refractivity contribution in [3.05, 3.63) is 101 Å². The summed E-state index contributed by atoms with van der Waals surface area (Å²) in [6, 6.07) is 24.3. The average molecular weight is 605 g/mol. The second kappa shape index (κ2) is 15.6. The normalized spacial score (nSPS) is 18.9. The fourth-order valence-electron chi connectivity index (χ4n) is 4.72. The van der Waals surface area contributed by atoms with Crippen LogP contribution in [-0.4, -0.2) is 67.2 Å². The number of thioether (sulfide) groups is 1. The summed E-state index contributed by atoms with van der Waals surface area (Å²) in [6.07, 6.45) is 4.23. The monoisotopic (exact) mass is 604 g/mol. The Kier molecular flexibility index (Phi) is 11.7. The first-order valence-corrected chi connectivity index (χ1v) is 14.8. The van der Waals surface area contributed by atoms with Crippen LogP contribution in [0.3, 0.4) is 0 Å². The highest BCUT2D eigenvalue weighted by molar-refractivity contribution is 8.15. The Morgan fingerprint density at radius 1 is 1.02 bits per heavy atom. The molecule has 1 aliphatic carbocycles. The SMILES string of the molecule is CNCc1cccc(-c2ccc(CC3SC(=O)NC3=O)cc2)c1.COCCOCOC1(C(=O)O)C=Cc2ccccc2C1. The minimum Gasteiger partial charge on any atom is -0.479 e. The zero-order valence-corrected chi connectivity index (χ0v) is 25.0. The summed E-state index contributed by atoms with van der Waals surface area (Å²) in [5, 5.41) is 14.4. The van der Waals surface area contributed by atoms with Crippen molar-refractivity contribution in [1.82, 2.24) is 10.6 Å². The average Bonchev–Trinajstić information content (AvgIpc) is 3.33. The third-order valence-electron chi connectivity index (χ3n) is 7.02. The molecule has 2 aliphatic rings. The Labute approximate surface area is 255 Å². The van der Waals surface area contributed by atoms with Crippen molar-refractivity contribution in [3.63, 3.8) is 0 Å². The molecule has 0 radical (unpaired) electrons. The molecular formula is C33H36N2O7S. The van der Waals surface area contributed by atoms with Crippen molar-refractivity contribution in [1.29, 1.82) is 0 Å². The van der Waals surface area contributed by atoms with E-state index in [1.165, 1.54) is 11.1 Å². The highest BCUT2D eigenvalue weighted by Crippen LogP contribution is 2.29. The van der Waals surface area contributed by atoms with Gasteiger partial charge in [-0.3, -0.25) is 14.9 Å². The molecule has 3 aromatic carbocycles. The van der Waals surface area contributed by atoms with Gasteiger partial charge in [0.25, 0.3) is 5.24 Å². The van der Waals surface area contributed by atoms with Gasteiger partial charge in [-0.25, -0.2) is 4.79 Å². The Bertz CT molecular complexity index is 1440. The van der Waals surface area contributed by atoms with Crippen LogP contribution in [0.25, 0.3) is 17.2 Å². The van der Waals surface area contributed by atoms with E-state index < -0.39 is 11.6 Å². The Morgan fingerprint density at radius 2 is 1.81 bits per heavy atom. The van der Waals surface area contributed by atoms with E-state index in [4.69, 9.17) is 14.2 Å². The van der Waals surface area contributed by atoms with Crippen molar-refractivity contribution in [2.45, 2.75) is 30.2 Å². The van der Waals surface area contributed by atoms with Crippen molar-refractivity contribution in [3.8, 4) is 11.1 Å². The Balaban J connectivity index is 0.000000199. The van der Waals surface area contributed by atoms with Gasteiger partial charge in [-0.2, -0.15) is 0 Å². The first kappa shape index (κ1) is 32.1. The molecule has 2 atom stereocenters.